The van der Waals surface area contributed by atoms with Crippen molar-refractivity contribution in [3.05, 3.63) is 60.2 Å². The fourth-order valence-corrected chi connectivity index (χ4v) is 4.10. The van der Waals surface area contributed by atoms with Gasteiger partial charge in [-0.3, -0.25) is 25.2 Å². The highest BCUT2D eigenvalue weighted by Gasteiger charge is 2.26. The van der Waals surface area contributed by atoms with E-state index >= 15 is 0 Å². The summed E-state index contributed by atoms with van der Waals surface area (Å²) in [6.07, 6.45) is 0.955. The van der Waals surface area contributed by atoms with Gasteiger partial charge in [0.25, 0.3) is 11.1 Å². The quantitative estimate of drug-likeness (QED) is 0.470. The number of anilines is 1. The predicted molar refractivity (Wildman–Crippen MR) is 141 cm³/mol. The van der Waals surface area contributed by atoms with Gasteiger partial charge < -0.3 is 19.7 Å². The maximum absolute atomic E-state index is 12.7. The van der Waals surface area contributed by atoms with Gasteiger partial charge in [0, 0.05) is 12.2 Å². The molecule has 2 aromatic rings. The maximum Gasteiger partial charge on any atom is 0.408 e. The van der Waals surface area contributed by atoms with Gasteiger partial charge in [0.15, 0.2) is 0 Å². The van der Waals surface area contributed by atoms with E-state index < -0.39 is 28.9 Å². The molecule has 11 heteroatoms. The molecule has 1 aliphatic heterocycles. The number of benzene rings is 2. The molecule has 1 aliphatic rings. The summed E-state index contributed by atoms with van der Waals surface area (Å²) in [4.78, 5) is 51.7. The number of nitrogens with zero attached hydrogens (tertiary/aromatic N) is 1. The first-order valence-electron chi connectivity index (χ1n) is 11.9. The van der Waals surface area contributed by atoms with Crippen LogP contribution in [-0.2, 0) is 20.7 Å². The first-order chi connectivity index (χ1) is 17.6. The number of thioether (sulfide) groups is 1. The minimum absolute atomic E-state index is 0.0905. The van der Waals surface area contributed by atoms with Gasteiger partial charge in [0.1, 0.15) is 24.0 Å². The van der Waals surface area contributed by atoms with E-state index in [0.29, 0.717) is 12.3 Å². The van der Waals surface area contributed by atoms with Gasteiger partial charge in [-0.15, -0.1) is 0 Å². The molecule has 0 bridgehead atoms. The van der Waals surface area contributed by atoms with Crippen molar-refractivity contribution in [3.8, 4) is 5.75 Å². The second-order valence-corrected chi connectivity index (χ2v) is 10.2. The van der Waals surface area contributed by atoms with Gasteiger partial charge in [0.05, 0.1) is 5.75 Å². The van der Waals surface area contributed by atoms with Gasteiger partial charge in [-0.05, 0) is 57.4 Å². The topological polar surface area (TPSA) is 126 Å². The molecule has 37 heavy (non-hydrogen) atoms. The molecule has 1 heterocycles. The van der Waals surface area contributed by atoms with Crippen molar-refractivity contribution in [1.82, 2.24) is 16.2 Å². The van der Waals surface area contributed by atoms with Crippen LogP contribution in [0.4, 0.5) is 15.3 Å². The average Bonchev–Trinajstić information content (AvgIpc) is 2.87. The van der Waals surface area contributed by atoms with E-state index in [-0.39, 0.29) is 18.3 Å². The first-order valence-corrected chi connectivity index (χ1v) is 12.9. The molecule has 10 nitrogen and oxygen atoms in total. The summed E-state index contributed by atoms with van der Waals surface area (Å²) in [6.45, 7) is 5.48. The normalized spacial score (nSPS) is 13.5. The molecule has 1 atom stereocenters. The van der Waals surface area contributed by atoms with E-state index in [0.717, 1.165) is 35.9 Å². The van der Waals surface area contributed by atoms with Gasteiger partial charge in [-0.2, -0.15) is 0 Å². The standard InChI is InChI=1S/C26H32N4O6S/c1-26(2,3)36-24(33)27-20(16-35-19-12-5-4-6-13-19)23(32)28-29-25(34)37-17-22(31)30-15-9-11-18-10-7-8-14-21(18)30/h4-8,10,12-14,20H,9,11,15-17H2,1-3H3,(H,27,33)(H,28,32)(H,29,34)/t20-/m0/s1. The number of nitrogens with one attached hydrogen (secondary N) is 3. The van der Waals surface area contributed by atoms with Gasteiger partial charge in [0.2, 0.25) is 5.91 Å². The Morgan fingerprint density at radius 1 is 1.00 bits per heavy atom. The van der Waals surface area contributed by atoms with E-state index in [1.54, 1.807) is 49.9 Å². The molecular formula is C26H32N4O6S. The second kappa shape index (κ2) is 13.0. The van der Waals surface area contributed by atoms with E-state index in [4.69, 9.17) is 9.47 Å². The summed E-state index contributed by atoms with van der Waals surface area (Å²) in [6, 6.07) is 15.3. The van der Waals surface area contributed by atoms with E-state index in [1.807, 2.05) is 30.3 Å². The largest absolute Gasteiger partial charge is 0.491 e. The number of fused-ring (bicyclic) bond motifs is 1. The molecule has 3 N–H and O–H groups in total. The summed E-state index contributed by atoms with van der Waals surface area (Å²) in [5.41, 5.74) is 5.74. The fourth-order valence-electron chi connectivity index (χ4n) is 3.56. The molecule has 2 aromatic carbocycles. The highest BCUT2D eigenvalue weighted by Crippen LogP contribution is 2.27. The predicted octanol–water partition coefficient (Wildman–Crippen LogP) is 3.41. The zero-order chi connectivity index (χ0) is 26.8. The summed E-state index contributed by atoms with van der Waals surface area (Å²) < 4.78 is 10.8. The fraction of sp³-hybridized carbons (Fsp3) is 0.385. The summed E-state index contributed by atoms with van der Waals surface area (Å²) in [7, 11) is 0. The van der Waals surface area contributed by atoms with Gasteiger partial charge in [-0.1, -0.05) is 48.2 Å². The van der Waals surface area contributed by atoms with Crippen LogP contribution in [0.2, 0.25) is 0 Å². The Hall–Kier alpha value is -3.73. The third-order valence-corrected chi connectivity index (χ3v) is 5.95. The molecule has 4 amide bonds. The lowest BCUT2D eigenvalue weighted by atomic mass is 10.0. The van der Waals surface area contributed by atoms with Gasteiger partial charge >= 0.3 is 6.09 Å². The Morgan fingerprint density at radius 2 is 1.70 bits per heavy atom. The van der Waals surface area contributed by atoms with Crippen LogP contribution in [-0.4, -0.2) is 53.7 Å². The zero-order valence-corrected chi connectivity index (χ0v) is 21.9. The molecular weight excluding hydrogens is 496 g/mol. The molecule has 3 rings (SSSR count). The SMILES string of the molecule is CC(C)(C)OC(=O)N[C@@H](COc1ccccc1)C(=O)NNC(=O)SCC(=O)N1CCCc2ccccc21. The Kier molecular flexibility index (Phi) is 9.78. The molecule has 0 spiro atoms. The third-order valence-electron chi connectivity index (χ3n) is 5.19. The van der Waals surface area contributed by atoms with Crippen LogP contribution < -0.4 is 25.8 Å². The number of amides is 4. The van der Waals surface area contributed by atoms with Crippen LogP contribution >= 0.6 is 11.8 Å². The Bertz CT molecular complexity index is 1110. The van der Waals surface area contributed by atoms with Crippen molar-refractivity contribution < 1.29 is 28.7 Å². The minimum atomic E-state index is -1.16. The van der Waals surface area contributed by atoms with Crippen LogP contribution in [0.15, 0.2) is 54.6 Å². The summed E-state index contributed by atoms with van der Waals surface area (Å²) in [5, 5.41) is 1.83. The van der Waals surface area contributed by atoms with Crippen molar-refractivity contribution in [2.45, 2.75) is 45.3 Å². The summed E-state index contributed by atoms with van der Waals surface area (Å²) >= 11 is 0.739. The number of aryl methyl sites for hydroxylation is 1. The zero-order valence-electron chi connectivity index (χ0n) is 21.1. The molecule has 0 unspecified atom stereocenters. The Labute approximate surface area is 220 Å². The number of alkyl carbamates (subject to hydrolysis) is 1. The number of hydrogen-bond donors (Lipinski definition) is 3. The van der Waals surface area contributed by atoms with E-state index in [2.05, 4.69) is 16.2 Å². The molecule has 0 radical (unpaired) electrons. The molecule has 0 fully saturated rings. The Morgan fingerprint density at radius 3 is 2.43 bits per heavy atom. The number of rotatable bonds is 7. The minimum Gasteiger partial charge on any atom is -0.491 e. The molecule has 0 aromatic heterocycles. The second-order valence-electron chi connectivity index (χ2n) is 9.29. The molecule has 0 aliphatic carbocycles. The number of carbonyl (C=O) groups is 4. The van der Waals surface area contributed by atoms with Crippen molar-refractivity contribution in [2.75, 3.05) is 23.8 Å². The van der Waals surface area contributed by atoms with Crippen molar-refractivity contribution in [1.29, 1.82) is 0 Å². The van der Waals surface area contributed by atoms with Crippen LogP contribution in [0.25, 0.3) is 0 Å². The monoisotopic (exact) mass is 528 g/mol. The number of hydrazine groups is 1. The Balaban J connectivity index is 1.51. The van der Waals surface area contributed by atoms with Crippen molar-refractivity contribution >= 4 is 40.6 Å². The lowest BCUT2D eigenvalue weighted by molar-refractivity contribution is -0.124. The maximum atomic E-state index is 12.7. The first kappa shape index (κ1) is 27.9. The average molecular weight is 529 g/mol. The summed E-state index contributed by atoms with van der Waals surface area (Å²) in [5.74, 6) is -0.498. The lowest BCUT2D eigenvalue weighted by Crippen LogP contribution is -2.54. The van der Waals surface area contributed by atoms with Crippen LogP contribution in [0.1, 0.15) is 32.8 Å². The van der Waals surface area contributed by atoms with Gasteiger partial charge in [-0.25, -0.2) is 4.79 Å². The highest BCUT2D eigenvalue weighted by molar-refractivity contribution is 8.14. The van der Waals surface area contributed by atoms with Crippen LogP contribution in [0, 0.1) is 0 Å². The lowest BCUT2D eigenvalue weighted by Gasteiger charge is -2.29. The van der Waals surface area contributed by atoms with Crippen molar-refractivity contribution in [3.63, 3.8) is 0 Å². The number of para-hydroxylation sites is 2. The van der Waals surface area contributed by atoms with Crippen molar-refractivity contribution in [2.24, 2.45) is 0 Å². The number of carbonyl (C=O) groups excluding carboxylic acids is 4. The molecule has 198 valence electrons. The molecule has 0 saturated carbocycles. The van der Waals surface area contributed by atoms with E-state index in [1.165, 1.54) is 0 Å². The highest BCUT2D eigenvalue weighted by atomic mass is 32.2. The van der Waals surface area contributed by atoms with E-state index in [9.17, 15) is 19.2 Å². The van der Waals surface area contributed by atoms with Crippen LogP contribution in [0.5, 0.6) is 5.75 Å². The molecule has 0 saturated heterocycles. The number of hydrogen-bond acceptors (Lipinski definition) is 7. The number of ether oxygens (including phenoxy) is 2. The smallest absolute Gasteiger partial charge is 0.408 e. The van der Waals surface area contributed by atoms with Crippen LogP contribution in [0.3, 0.4) is 0 Å². The third kappa shape index (κ3) is 9.02.